The lowest BCUT2D eigenvalue weighted by Crippen LogP contribution is -2.36. The van der Waals surface area contributed by atoms with Gasteiger partial charge in [0.2, 0.25) is 5.78 Å². The van der Waals surface area contributed by atoms with Gasteiger partial charge in [-0.3, -0.25) is 14.4 Å². The van der Waals surface area contributed by atoms with E-state index in [1.54, 1.807) is 11.8 Å². The van der Waals surface area contributed by atoms with Crippen LogP contribution in [0.15, 0.2) is 24.3 Å². The van der Waals surface area contributed by atoms with E-state index in [4.69, 9.17) is 24.4 Å². The maximum absolute atomic E-state index is 13.4. The van der Waals surface area contributed by atoms with Crippen LogP contribution in [0.2, 0.25) is 0 Å². The first-order valence-corrected chi connectivity index (χ1v) is 16.5. The Morgan fingerprint density at radius 1 is 0.935 bits per heavy atom. The highest BCUT2D eigenvalue weighted by Crippen LogP contribution is 2.50. The lowest BCUT2D eigenvalue weighted by molar-refractivity contribution is -0.143. The van der Waals surface area contributed by atoms with E-state index >= 15 is 0 Å². The van der Waals surface area contributed by atoms with Gasteiger partial charge in [0.1, 0.15) is 30.9 Å². The normalized spacial score (nSPS) is 20.3. The Kier molecular flexibility index (Phi) is 14.5. The third kappa shape index (κ3) is 11.1. The molecule has 1 aromatic rings. The molecule has 0 bridgehead atoms. The molecular formula is C32H41F3O10S. The predicted molar refractivity (Wildman–Crippen MR) is 161 cm³/mol. The van der Waals surface area contributed by atoms with E-state index in [1.165, 1.54) is 12.1 Å². The van der Waals surface area contributed by atoms with Crippen LogP contribution in [0.4, 0.5) is 13.2 Å². The van der Waals surface area contributed by atoms with Gasteiger partial charge >= 0.3 is 18.1 Å². The highest BCUT2D eigenvalue weighted by Gasteiger charge is 2.49. The number of hydrogen-bond acceptors (Lipinski definition) is 9. The predicted octanol–water partition coefficient (Wildman–Crippen LogP) is 5.39. The summed E-state index contributed by atoms with van der Waals surface area (Å²) in [5.74, 6) is -3.49. The minimum Gasteiger partial charge on any atom is -0.490 e. The summed E-state index contributed by atoms with van der Waals surface area (Å²) in [6, 6.07) is 4.42. The summed E-state index contributed by atoms with van der Waals surface area (Å²) in [6.45, 7) is -0.338. The Balaban J connectivity index is 1.69. The number of rotatable bonds is 21. The number of hydrogen-bond donors (Lipinski definition) is 2. The number of Topliss-reactive ketones (excluding diaryl/α,β-unsaturated/α-hetero) is 3. The van der Waals surface area contributed by atoms with E-state index in [9.17, 15) is 37.1 Å². The lowest BCUT2D eigenvalue weighted by Gasteiger charge is -2.35. The van der Waals surface area contributed by atoms with Crippen LogP contribution in [-0.4, -0.2) is 83.0 Å². The molecule has 1 aromatic carbocycles. The summed E-state index contributed by atoms with van der Waals surface area (Å²) in [4.78, 5) is 59.6. The van der Waals surface area contributed by atoms with E-state index in [0.717, 1.165) is 12.1 Å². The smallest absolute Gasteiger partial charge is 0.416 e. The third-order valence-corrected chi connectivity index (χ3v) is 10.1. The first-order valence-electron chi connectivity index (χ1n) is 15.5. The molecule has 0 saturated heterocycles. The van der Waals surface area contributed by atoms with Crippen molar-refractivity contribution in [1.82, 2.24) is 0 Å². The number of unbranched alkanes of at least 4 members (excludes halogenated alkanes) is 2. The number of carboxylic acid groups (broad SMARTS) is 2. The third-order valence-electron chi connectivity index (χ3n) is 8.49. The summed E-state index contributed by atoms with van der Waals surface area (Å²) >= 11 is 1.55. The number of carboxylic acids is 2. The fourth-order valence-corrected chi connectivity index (χ4v) is 7.86. The fourth-order valence-electron chi connectivity index (χ4n) is 6.24. The largest absolute Gasteiger partial charge is 0.490 e. The minimum atomic E-state index is -4.58. The Morgan fingerprint density at radius 3 is 2.11 bits per heavy atom. The van der Waals surface area contributed by atoms with E-state index < -0.39 is 65.9 Å². The molecule has 0 amide bonds. The van der Waals surface area contributed by atoms with Gasteiger partial charge in [-0.25, -0.2) is 9.59 Å². The average Bonchev–Trinajstić information content (AvgIpc) is 3.49. The van der Waals surface area contributed by atoms with Gasteiger partial charge in [-0.15, -0.1) is 0 Å². The summed E-state index contributed by atoms with van der Waals surface area (Å²) in [5, 5.41) is 17.5. The molecule has 2 aliphatic carbocycles. The zero-order chi connectivity index (χ0) is 33.7. The number of carbonyl (C=O) groups is 5. The van der Waals surface area contributed by atoms with Crippen molar-refractivity contribution in [3.8, 4) is 5.75 Å². The topological polar surface area (TPSA) is 154 Å². The second kappa shape index (κ2) is 17.8. The van der Waals surface area contributed by atoms with Gasteiger partial charge < -0.3 is 24.4 Å². The maximum atomic E-state index is 13.4. The van der Waals surface area contributed by atoms with Crippen LogP contribution in [0, 0.1) is 11.3 Å². The number of benzene rings is 1. The number of ketones is 3. The van der Waals surface area contributed by atoms with Crippen molar-refractivity contribution in [3.05, 3.63) is 29.8 Å². The molecule has 0 heterocycles. The van der Waals surface area contributed by atoms with E-state index in [-0.39, 0.29) is 49.3 Å². The Morgan fingerprint density at radius 2 is 1.57 bits per heavy atom. The number of aliphatic carboxylic acids is 2. The van der Waals surface area contributed by atoms with E-state index in [0.29, 0.717) is 57.1 Å². The molecule has 3 rings (SSSR count). The van der Waals surface area contributed by atoms with Crippen LogP contribution in [0.25, 0.3) is 0 Å². The van der Waals surface area contributed by atoms with Crippen molar-refractivity contribution in [3.63, 3.8) is 0 Å². The SMILES string of the molecule is O=C(O)COCCCCC1(CCCCOCC(=O)O)C(=O)CCC1SCCC(Oc1cccc(C(F)(F)F)c1)C1CCC(=O)C1=O. The van der Waals surface area contributed by atoms with Crippen molar-refractivity contribution in [1.29, 1.82) is 0 Å². The number of carbonyl (C=O) groups excluding carboxylic acids is 3. The van der Waals surface area contributed by atoms with Crippen molar-refractivity contribution in [2.45, 2.75) is 88.2 Å². The molecule has 2 aliphatic rings. The van der Waals surface area contributed by atoms with Crippen molar-refractivity contribution < 1.29 is 61.6 Å². The Bertz CT molecular complexity index is 1190. The molecule has 256 valence electrons. The molecule has 46 heavy (non-hydrogen) atoms. The molecule has 0 spiro atoms. The summed E-state index contributed by atoms with van der Waals surface area (Å²) in [5.41, 5.74) is -1.57. The summed E-state index contributed by atoms with van der Waals surface area (Å²) in [7, 11) is 0. The van der Waals surface area contributed by atoms with Gasteiger partial charge in [-0.2, -0.15) is 24.9 Å². The number of thioether (sulfide) groups is 1. The molecule has 2 fully saturated rings. The van der Waals surface area contributed by atoms with Crippen LogP contribution in [0.5, 0.6) is 5.75 Å². The second-order valence-corrected chi connectivity index (χ2v) is 13.0. The molecule has 0 aliphatic heterocycles. The van der Waals surface area contributed by atoms with Crippen LogP contribution in [0.3, 0.4) is 0 Å². The minimum absolute atomic E-state index is 0.0439. The van der Waals surface area contributed by atoms with Gasteiger partial charge in [-0.1, -0.05) is 18.9 Å². The quantitative estimate of drug-likeness (QED) is 0.128. The molecule has 0 radical (unpaired) electrons. The van der Waals surface area contributed by atoms with Gasteiger partial charge in [0, 0.05) is 36.7 Å². The van der Waals surface area contributed by atoms with Gasteiger partial charge in [0.05, 0.1) is 11.5 Å². The molecule has 3 unspecified atom stereocenters. The van der Waals surface area contributed by atoms with Crippen molar-refractivity contribution in [2.75, 3.05) is 32.2 Å². The Hall–Kier alpha value is -2.97. The molecule has 2 saturated carbocycles. The molecule has 3 atom stereocenters. The highest BCUT2D eigenvalue weighted by atomic mass is 32.2. The van der Waals surface area contributed by atoms with Gasteiger partial charge in [0.15, 0.2) is 5.78 Å². The molecular weight excluding hydrogens is 633 g/mol. The van der Waals surface area contributed by atoms with Crippen molar-refractivity contribution in [2.24, 2.45) is 11.3 Å². The van der Waals surface area contributed by atoms with E-state index in [1.807, 2.05) is 0 Å². The van der Waals surface area contributed by atoms with Crippen LogP contribution in [0.1, 0.15) is 76.2 Å². The average molecular weight is 675 g/mol. The monoisotopic (exact) mass is 674 g/mol. The van der Waals surface area contributed by atoms with Crippen molar-refractivity contribution >= 4 is 41.1 Å². The summed E-state index contributed by atoms with van der Waals surface area (Å²) in [6.07, 6.45) is -0.336. The van der Waals surface area contributed by atoms with Crippen LogP contribution >= 0.6 is 11.8 Å². The summed E-state index contributed by atoms with van der Waals surface area (Å²) < 4.78 is 56.2. The zero-order valence-electron chi connectivity index (χ0n) is 25.6. The highest BCUT2D eigenvalue weighted by molar-refractivity contribution is 8.00. The first-order chi connectivity index (χ1) is 21.8. The standard InChI is InChI=1S/C32H41F3O10S/c33-32(34,35)21-6-5-7-22(18-21)45-25(23-8-9-24(36)30(23)42)12-17-46-27-11-10-26(37)31(27,13-1-3-15-43-19-28(38)39)14-2-4-16-44-20-29(40)41/h5-7,18,23,25,27H,1-4,8-17,19-20H2,(H,38,39)(H,40,41). The maximum Gasteiger partial charge on any atom is 0.416 e. The Labute approximate surface area is 269 Å². The molecule has 2 N–H and O–H groups in total. The van der Waals surface area contributed by atoms with E-state index in [2.05, 4.69) is 0 Å². The fraction of sp³-hybridized carbons (Fsp3) is 0.656. The van der Waals surface area contributed by atoms with Gasteiger partial charge in [0.25, 0.3) is 0 Å². The molecule has 10 nitrogen and oxygen atoms in total. The zero-order valence-corrected chi connectivity index (χ0v) is 26.4. The number of ether oxygens (including phenoxy) is 3. The lowest BCUT2D eigenvalue weighted by atomic mass is 9.75. The number of halogens is 3. The van der Waals surface area contributed by atoms with Crippen LogP contribution in [-0.2, 0) is 39.6 Å². The first kappa shape index (κ1) is 37.5. The molecule has 0 aromatic heterocycles. The molecule has 14 heteroatoms. The van der Waals surface area contributed by atoms with Gasteiger partial charge in [-0.05, 0) is 68.9 Å². The number of alkyl halides is 3. The van der Waals surface area contributed by atoms with Crippen LogP contribution < -0.4 is 4.74 Å². The second-order valence-electron chi connectivity index (χ2n) is 11.7.